The minimum absolute atomic E-state index is 0.0132. The third-order valence-corrected chi connectivity index (χ3v) is 3.13. The minimum atomic E-state index is -0.982. The highest BCUT2D eigenvalue weighted by molar-refractivity contribution is 6.28. The van der Waals surface area contributed by atoms with Crippen molar-refractivity contribution in [1.29, 1.82) is 0 Å². The molecule has 1 saturated carbocycles. The summed E-state index contributed by atoms with van der Waals surface area (Å²) in [5.41, 5.74) is 0. The van der Waals surface area contributed by atoms with Crippen molar-refractivity contribution in [3.63, 3.8) is 0 Å². The van der Waals surface area contributed by atoms with Gasteiger partial charge < -0.3 is 9.47 Å². The van der Waals surface area contributed by atoms with Crippen molar-refractivity contribution < 1.29 is 23.9 Å². The Balaban J connectivity index is 2.15. The molecule has 5 heteroatoms. The van der Waals surface area contributed by atoms with Crippen LogP contribution < -0.4 is 0 Å². The van der Waals surface area contributed by atoms with E-state index < -0.39 is 23.6 Å². The quantitative estimate of drug-likeness (QED) is 0.528. The van der Waals surface area contributed by atoms with Crippen LogP contribution >= 0.6 is 0 Å². The molecule has 1 aliphatic carbocycles. The molecule has 2 unspecified atom stereocenters. The first-order chi connectivity index (χ1) is 7.94. The third kappa shape index (κ3) is 2.61. The first kappa shape index (κ1) is 12.4. The Morgan fingerprint density at radius 2 is 1.94 bits per heavy atom. The number of aldehydes is 1. The van der Waals surface area contributed by atoms with E-state index in [4.69, 9.17) is 9.47 Å². The van der Waals surface area contributed by atoms with Crippen molar-refractivity contribution in [1.82, 2.24) is 0 Å². The molecule has 2 aliphatic rings. The molecule has 0 aromatic heterocycles. The number of ether oxygens (including phenoxy) is 2. The molecule has 0 spiro atoms. The number of ketones is 2. The van der Waals surface area contributed by atoms with E-state index in [1.54, 1.807) is 13.8 Å². The normalized spacial score (nSPS) is 31.9. The number of carbonyl (C=O) groups is 3. The third-order valence-electron chi connectivity index (χ3n) is 3.13. The van der Waals surface area contributed by atoms with Gasteiger partial charge in [-0.2, -0.15) is 0 Å². The molecule has 1 aliphatic heterocycles. The Kier molecular flexibility index (Phi) is 3.14. The molecule has 0 aromatic rings. The lowest BCUT2D eigenvalue weighted by atomic mass is 9.91. The predicted octanol–water partition coefficient (Wildman–Crippen LogP) is 0.501. The highest BCUT2D eigenvalue weighted by Crippen LogP contribution is 2.36. The van der Waals surface area contributed by atoms with Crippen LogP contribution in [0.2, 0.25) is 0 Å². The van der Waals surface area contributed by atoms with E-state index in [2.05, 4.69) is 0 Å². The summed E-state index contributed by atoms with van der Waals surface area (Å²) >= 11 is 0. The van der Waals surface area contributed by atoms with Crippen molar-refractivity contribution in [2.24, 2.45) is 11.8 Å². The standard InChI is InChI=1S/C12H16O5/c1-12(2)16-6-8(10(15)7-3-4-7)11(17-12)9(14)5-13/h5,7-8,11H,3-4,6H2,1-2H3. The van der Waals surface area contributed by atoms with Gasteiger partial charge in [0.2, 0.25) is 5.78 Å². The molecule has 1 saturated heterocycles. The Labute approximate surface area is 99.5 Å². The molecule has 0 aromatic carbocycles. The van der Waals surface area contributed by atoms with Crippen LogP contribution in [-0.2, 0) is 23.9 Å². The van der Waals surface area contributed by atoms with E-state index in [9.17, 15) is 14.4 Å². The zero-order valence-corrected chi connectivity index (χ0v) is 9.97. The second-order valence-corrected chi connectivity index (χ2v) is 5.05. The number of carbonyl (C=O) groups excluding carboxylic acids is 3. The fraction of sp³-hybridized carbons (Fsp3) is 0.750. The lowest BCUT2D eigenvalue weighted by Gasteiger charge is -2.39. The van der Waals surface area contributed by atoms with Gasteiger partial charge in [0.05, 0.1) is 12.5 Å². The topological polar surface area (TPSA) is 69.7 Å². The maximum atomic E-state index is 12.0. The first-order valence-electron chi connectivity index (χ1n) is 5.79. The van der Waals surface area contributed by atoms with Gasteiger partial charge in [-0.3, -0.25) is 14.4 Å². The zero-order valence-electron chi connectivity index (χ0n) is 9.97. The Morgan fingerprint density at radius 3 is 2.47 bits per heavy atom. The van der Waals surface area contributed by atoms with Gasteiger partial charge in [0.25, 0.3) is 0 Å². The molecule has 0 radical (unpaired) electrons. The van der Waals surface area contributed by atoms with Crippen LogP contribution in [0.25, 0.3) is 0 Å². The van der Waals surface area contributed by atoms with Crippen LogP contribution in [0.3, 0.4) is 0 Å². The number of Topliss-reactive ketones (excluding diaryl/α,β-unsaturated/α-hetero) is 2. The molecule has 0 N–H and O–H groups in total. The largest absolute Gasteiger partial charge is 0.350 e. The lowest BCUT2D eigenvalue weighted by Crippen LogP contribution is -2.52. The zero-order chi connectivity index (χ0) is 12.6. The van der Waals surface area contributed by atoms with Crippen molar-refractivity contribution in [3.8, 4) is 0 Å². The van der Waals surface area contributed by atoms with E-state index in [1.807, 2.05) is 0 Å². The Morgan fingerprint density at radius 1 is 1.29 bits per heavy atom. The number of rotatable bonds is 4. The molecule has 2 rings (SSSR count). The van der Waals surface area contributed by atoms with Crippen LogP contribution in [0.1, 0.15) is 26.7 Å². The van der Waals surface area contributed by atoms with Gasteiger partial charge in [0.15, 0.2) is 12.1 Å². The summed E-state index contributed by atoms with van der Waals surface area (Å²) in [5.74, 6) is -2.23. The van der Waals surface area contributed by atoms with Crippen molar-refractivity contribution in [2.75, 3.05) is 6.61 Å². The first-order valence-corrected chi connectivity index (χ1v) is 5.79. The summed E-state index contributed by atoms with van der Waals surface area (Å²) in [5, 5.41) is 0. The fourth-order valence-corrected chi connectivity index (χ4v) is 2.03. The molecule has 1 heterocycles. The summed E-state index contributed by atoms with van der Waals surface area (Å²) in [6, 6.07) is 0. The van der Waals surface area contributed by atoms with Crippen LogP contribution in [0.5, 0.6) is 0 Å². The van der Waals surface area contributed by atoms with Crippen LogP contribution in [0, 0.1) is 11.8 Å². The van der Waals surface area contributed by atoms with Crippen LogP contribution in [-0.4, -0.2) is 36.4 Å². The van der Waals surface area contributed by atoms with Crippen LogP contribution in [0.4, 0.5) is 0 Å². The van der Waals surface area contributed by atoms with E-state index in [0.29, 0.717) is 0 Å². The van der Waals surface area contributed by atoms with Gasteiger partial charge in [-0.1, -0.05) is 0 Å². The van der Waals surface area contributed by atoms with Crippen molar-refractivity contribution in [3.05, 3.63) is 0 Å². The summed E-state index contributed by atoms with van der Waals surface area (Å²) in [4.78, 5) is 34.1. The highest BCUT2D eigenvalue weighted by Gasteiger charge is 2.47. The van der Waals surface area contributed by atoms with E-state index in [1.165, 1.54) is 0 Å². The smallest absolute Gasteiger partial charge is 0.224 e. The van der Waals surface area contributed by atoms with Gasteiger partial charge in [0.1, 0.15) is 11.9 Å². The summed E-state index contributed by atoms with van der Waals surface area (Å²) in [7, 11) is 0. The molecule has 0 amide bonds. The summed E-state index contributed by atoms with van der Waals surface area (Å²) < 4.78 is 10.8. The molecule has 0 bridgehead atoms. The highest BCUT2D eigenvalue weighted by atomic mass is 16.7. The maximum absolute atomic E-state index is 12.0. The minimum Gasteiger partial charge on any atom is -0.350 e. The summed E-state index contributed by atoms with van der Waals surface area (Å²) in [6.45, 7) is 3.47. The summed E-state index contributed by atoms with van der Waals surface area (Å²) in [6.07, 6.45) is 0.963. The van der Waals surface area contributed by atoms with Gasteiger partial charge in [-0.15, -0.1) is 0 Å². The average molecular weight is 240 g/mol. The second-order valence-electron chi connectivity index (χ2n) is 5.05. The molecule has 17 heavy (non-hydrogen) atoms. The van der Waals surface area contributed by atoms with Gasteiger partial charge in [-0.25, -0.2) is 0 Å². The maximum Gasteiger partial charge on any atom is 0.224 e. The number of hydrogen-bond acceptors (Lipinski definition) is 5. The Hall–Kier alpha value is -1.07. The SMILES string of the molecule is CC1(C)OCC(C(=O)C2CC2)C(C(=O)C=O)O1. The van der Waals surface area contributed by atoms with Crippen molar-refractivity contribution >= 4 is 17.9 Å². The van der Waals surface area contributed by atoms with Gasteiger partial charge in [-0.05, 0) is 26.7 Å². The lowest BCUT2D eigenvalue weighted by molar-refractivity contribution is -0.281. The second kappa shape index (κ2) is 4.31. The molecule has 2 atom stereocenters. The van der Waals surface area contributed by atoms with E-state index in [0.717, 1.165) is 12.8 Å². The number of hydrogen-bond donors (Lipinski definition) is 0. The van der Waals surface area contributed by atoms with Crippen LogP contribution in [0.15, 0.2) is 0 Å². The van der Waals surface area contributed by atoms with E-state index >= 15 is 0 Å². The monoisotopic (exact) mass is 240 g/mol. The molecular formula is C12H16O5. The molecule has 5 nitrogen and oxygen atoms in total. The molecule has 94 valence electrons. The molecular weight excluding hydrogens is 224 g/mol. The average Bonchev–Trinajstić information content (AvgIpc) is 3.09. The molecule has 2 fully saturated rings. The van der Waals surface area contributed by atoms with Crippen molar-refractivity contribution in [2.45, 2.75) is 38.6 Å². The fourth-order valence-electron chi connectivity index (χ4n) is 2.03. The van der Waals surface area contributed by atoms with E-state index in [-0.39, 0.29) is 24.6 Å². The van der Waals surface area contributed by atoms with Gasteiger partial charge >= 0.3 is 0 Å². The Bertz CT molecular complexity index is 356. The predicted molar refractivity (Wildman–Crippen MR) is 57.2 cm³/mol. The van der Waals surface area contributed by atoms with Gasteiger partial charge in [0, 0.05) is 5.92 Å².